The maximum absolute atomic E-state index is 14.3. The molecular formula is C32H37ClN2O9S3. The predicted molar refractivity (Wildman–Crippen MR) is 182 cm³/mol. The SMILES string of the molecule is COc1cc(OC)c2c(c1Cl)OC1(C2=O)C(O)=C(C(CC(=O)NCCS(=O)(=O)N2CCSCC2)c2ccc(SC)cc2)C(=O)CC1C. The number of ether oxygens (including phenoxy) is 3. The Bertz CT molecular complexity index is 1710. The fourth-order valence-corrected chi connectivity index (χ4v) is 9.46. The van der Waals surface area contributed by atoms with E-state index in [0.717, 1.165) is 16.4 Å². The van der Waals surface area contributed by atoms with Crippen molar-refractivity contribution in [3.05, 3.63) is 57.8 Å². The van der Waals surface area contributed by atoms with Gasteiger partial charge in [-0.1, -0.05) is 30.7 Å². The van der Waals surface area contributed by atoms with Crippen LogP contribution in [0.15, 0.2) is 46.6 Å². The van der Waals surface area contributed by atoms with E-state index in [9.17, 15) is 27.9 Å². The fourth-order valence-electron chi connectivity index (χ4n) is 6.29. The van der Waals surface area contributed by atoms with E-state index in [4.69, 9.17) is 25.8 Å². The molecule has 0 aromatic heterocycles. The Kier molecular flexibility index (Phi) is 10.8. The minimum Gasteiger partial charge on any atom is -0.507 e. The van der Waals surface area contributed by atoms with Crippen LogP contribution in [0.4, 0.5) is 0 Å². The van der Waals surface area contributed by atoms with Crippen molar-refractivity contribution in [1.82, 2.24) is 9.62 Å². The monoisotopic (exact) mass is 724 g/mol. The Morgan fingerprint density at radius 1 is 1.19 bits per heavy atom. The van der Waals surface area contributed by atoms with E-state index < -0.39 is 50.7 Å². The summed E-state index contributed by atoms with van der Waals surface area (Å²) in [6, 6.07) is 8.64. The summed E-state index contributed by atoms with van der Waals surface area (Å²) >= 11 is 9.78. The van der Waals surface area contributed by atoms with Crippen molar-refractivity contribution in [2.24, 2.45) is 5.92 Å². The number of sulfonamides is 1. The van der Waals surface area contributed by atoms with Gasteiger partial charge < -0.3 is 24.6 Å². The second-order valence-corrected chi connectivity index (χ2v) is 16.0. The number of hydrogen-bond donors (Lipinski definition) is 2. The number of methoxy groups -OCH3 is 2. The van der Waals surface area contributed by atoms with E-state index in [1.807, 2.05) is 18.4 Å². The van der Waals surface area contributed by atoms with Crippen molar-refractivity contribution in [3.8, 4) is 17.2 Å². The Balaban J connectivity index is 1.51. The van der Waals surface area contributed by atoms with E-state index in [0.29, 0.717) is 18.7 Å². The lowest BCUT2D eigenvalue weighted by molar-refractivity contribution is -0.121. The van der Waals surface area contributed by atoms with Gasteiger partial charge in [-0.05, 0) is 24.0 Å². The molecule has 254 valence electrons. The van der Waals surface area contributed by atoms with Crippen LogP contribution in [-0.4, -0.2) is 98.3 Å². The van der Waals surface area contributed by atoms with Crippen LogP contribution in [0, 0.1) is 5.92 Å². The third-order valence-corrected chi connectivity index (χ3v) is 12.7. The molecule has 3 atom stereocenters. The number of aliphatic hydroxyl groups is 1. The number of nitrogens with one attached hydrogen (secondary N) is 1. The molecule has 47 heavy (non-hydrogen) atoms. The first-order valence-electron chi connectivity index (χ1n) is 15.0. The van der Waals surface area contributed by atoms with Gasteiger partial charge in [0.1, 0.15) is 22.1 Å². The van der Waals surface area contributed by atoms with Gasteiger partial charge in [0, 0.05) is 72.4 Å². The van der Waals surface area contributed by atoms with E-state index >= 15 is 0 Å². The molecule has 5 rings (SSSR count). The maximum atomic E-state index is 14.3. The van der Waals surface area contributed by atoms with Gasteiger partial charge in [0.05, 0.1) is 20.0 Å². The summed E-state index contributed by atoms with van der Waals surface area (Å²) in [4.78, 5) is 42.4. The van der Waals surface area contributed by atoms with Gasteiger partial charge in [0.15, 0.2) is 17.3 Å². The Morgan fingerprint density at radius 2 is 1.85 bits per heavy atom. The van der Waals surface area contributed by atoms with Crippen LogP contribution in [0.2, 0.25) is 5.02 Å². The zero-order chi connectivity index (χ0) is 34.1. The molecule has 2 N–H and O–H groups in total. The molecular weight excluding hydrogens is 688 g/mol. The van der Waals surface area contributed by atoms with E-state index in [2.05, 4.69) is 5.32 Å². The van der Waals surface area contributed by atoms with Crippen molar-refractivity contribution in [3.63, 3.8) is 0 Å². The molecule has 0 saturated carbocycles. The number of amides is 1. The second-order valence-electron chi connectivity index (χ2n) is 11.5. The van der Waals surface area contributed by atoms with E-state index in [-0.39, 0.29) is 58.5 Å². The number of nitrogens with zero attached hydrogens (tertiary/aromatic N) is 1. The average molecular weight is 725 g/mol. The Hall–Kier alpha value is -2.91. The highest BCUT2D eigenvalue weighted by Crippen LogP contribution is 2.55. The minimum atomic E-state index is -3.56. The number of hydrogen-bond acceptors (Lipinski definition) is 11. The van der Waals surface area contributed by atoms with Crippen LogP contribution in [0.1, 0.15) is 41.6 Å². The van der Waals surface area contributed by atoms with Crippen LogP contribution in [0.5, 0.6) is 17.2 Å². The van der Waals surface area contributed by atoms with Crippen molar-refractivity contribution in [2.45, 2.75) is 36.2 Å². The molecule has 1 spiro atoms. The summed E-state index contributed by atoms with van der Waals surface area (Å²) in [5.41, 5.74) is -1.57. The van der Waals surface area contributed by atoms with Crippen LogP contribution >= 0.6 is 35.1 Å². The number of fused-ring (bicyclic) bond motifs is 1. The summed E-state index contributed by atoms with van der Waals surface area (Å²) < 4.78 is 44.2. The number of aliphatic hydroxyl groups excluding tert-OH is 1. The van der Waals surface area contributed by atoms with Gasteiger partial charge in [0.25, 0.3) is 0 Å². The number of carbonyl (C=O) groups excluding carboxylic acids is 3. The second kappa shape index (κ2) is 14.3. The molecule has 2 aromatic carbocycles. The molecule has 0 radical (unpaired) electrons. The number of halogens is 1. The van der Waals surface area contributed by atoms with Crippen LogP contribution in [0.3, 0.4) is 0 Å². The molecule has 3 aliphatic rings. The van der Waals surface area contributed by atoms with E-state index in [1.54, 1.807) is 30.8 Å². The summed E-state index contributed by atoms with van der Waals surface area (Å²) in [6.07, 6.45) is 1.45. The molecule has 1 fully saturated rings. The number of carbonyl (C=O) groups is 3. The highest BCUT2D eigenvalue weighted by Gasteiger charge is 2.61. The molecule has 2 aromatic rings. The lowest BCUT2D eigenvalue weighted by Gasteiger charge is -2.38. The van der Waals surface area contributed by atoms with Gasteiger partial charge in [-0.25, -0.2) is 12.7 Å². The van der Waals surface area contributed by atoms with Crippen molar-refractivity contribution < 1.29 is 42.1 Å². The first-order valence-corrected chi connectivity index (χ1v) is 19.4. The van der Waals surface area contributed by atoms with Crippen molar-refractivity contribution in [2.75, 3.05) is 57.4 Å². The predicted octanol–water partition coefficient (Wildman–Crippen LogP) is 4.48. The summed E-state index contributed by atoms with van der Waals surface area (Å²) in [6.45, 7) is 2.36. The average Bonchev–Trinajstić information content (AvgIpc) is 3.38. The molecule has 2 aliphatic heterocycles. The normalized spacial score (nSPS) is 22.2. The Labute approximate surface area is 287 Å². The van der Waals surface area contributed by atoms with Crippen molar-refractivity contribution in [1.29, 1.82) is 0 Å². The lowest BCUT2D eigenvalue weighted by Crippen LogP contribution is -2.53. The van der Waals surface area contributed by atoms with Gasteiger partial charge in [-0.2, -0.15) is 11.8 Å². The number of allylic oxidation sites excluding steroid dienone is 1. The third kappa shape index (κ3) is 6.59. The summed E-state index contributed by atoms with van der Waals surface area (Å²) in [5, 5.41) is 14.7. The molecule has 2 heterocycles. The van der Waals surface area contributed by atoms with Gasteiger partial charge >= 0.3 is 0 Å². The molecule has 1 amide bonds. The highest BCUT2D eigenvalue weighted by atomic mass is 35.5. The minimum absolute atomic E-state index is 0.00816. The van der Waals surface area contributed by atoms with Crippen LogP contribution in [-0.2, 0) is 19.6 Å². The molecule has 1 saturated heterocycles. The fraction of sp³-hybridized carbons (Fsp3) is 0.469. The molecule has 11 nitrogen and oxygen atoms in total. The van der Waals surface area contributed by atoms with Crippen LogP contribution in [0.25, 0.3) is 0 Å². The zero-order valence-electron chi connectivity index (χ0n) is 26.5. The summed E-state index contributed by atoms with van der Waals surface area (Å²) in [5.74, 6) is -2.53. The zero-order valence-corrected chi connectivity index (χ0v) is 29.7. The molecule has 0 bridgehead atoms. The summed E-state index contributed by atoms with van der Waals surface area (Å²) in [7, 11) is -0.783. The van der Waals surface area contributed by atoms with Gasteiger partial charge in [-0.3, -0.25) is 14.4 Å². The number of ketones is 2. The van der Waals surface area contributed by atoms with Gasteiger partial charge in [-0.15, -0.1) is 11.8 Å². The first kappa shape index (κ1) is 35.4. The standard InChI is InChI=1S/C32H37ClN2O9S3/c1-18-15-22(36)26(30(38)32(18)31(39)27-23(42-2)17-24(43-3)28(33)29(27)44-32)21(19-5-7-20(45-4)8-6-19)16-25(37)34-9-14-47(40,41)35-10-12-46-13-11-35/h5-8,17-18,21,38H,9-16H2,1-4H3,(H,34,37). The maximum Gasteiger partial charge on any atom is 0.231 e. The third-order valence-electron chi connectivity index (χ3n) is 8.81. The number of rotatable bonds is 11. The smallest absolute Gasteiger partial charge is 0.231 e. The quantitative estimate of drug-likeness (QED) is 0.316. The van der Waals surface area contributed by atoms with Crippen LogP contribution < -0.4 is 19.5 Å². The largest absolute Gasteiger partial charge is 0.507 e. The van der Waals surface area contributed by atoms with Gasteiger partial charge in [0.2, 0.25) is 27.3 Å². The topological polar surface area (TPSA) is 149 Å². The highest BCUT2D eigenvalue weighted by molar-refractivity contribution is 7.99. The number of benzene rings is 2. The number of Topliss-reactive ketones (excluding diaryl/α,β-unsaturated/α-hetero) is 2. The lowest BCUT2D eigenvalue weighted by atomic mass is 9.69. The molecule has 3 unspecified atom stereocenters. The number of thioether (sulfide) groups is 2. The Morgan fingerprint density at radius 3 is 2.47 bits per heavy atom. The van der Waals surface area contributed by atoms with Crippen molar-refractivity contribution >= 4 is 62.6 Å². The van der Waals surface area contributed by atoms with E-state index in [1.165, 1.54) is 36.4 Å². The first-order chi connectivity index (χ1) is 22.4. The molecule has 15 heteroatoms. The molecule has 1 aliphatic carbocycles.